The first kappa shape index (κ1) is 38.3. The Balaban J connectivity index is 2.04. The molecular weight excluding hydrogens is 659 g/mol. The molecule has 0 unspecified atom stereocenters. The first-order valence-electron chi connectivity index (χ1n) is 14.0. The number of ether oxygens (including phenoxy) is 2. The zero-order valence-corrected chi connectivity index (χ0v) is 28.0. The summed E-state index contributed by atoms with van der Waals surface area (Å²) >= 11 is 12.0. The zero-order chi connectivity index (χ0) is 35.5. The van der Waals surface area contributed by atoms with Crippen molar-refractivity contribution in [3.63, 3.8) is 0 Å². The van der Waals surface area contributed by atoms with Crippen LogP contribution in [0, 0.1) is 0 Å². The van der Waals surface area contributed by atoms with E-state index in [2.05, 4.69) is 31.6 Å². The number of hydrogen-bond acceptors (Lipinski definition) is 8. The van der Waals surface area contributed by atoms with Gasteiger partial charge in [0.05, 0.1) is 22.2 Å². The van der Waals surface area contributed by atoms with Gasteiger partial charge in [0.15, 0.2) is 0 Å². The smallest absolute Gasteiger partial charge is 0.437 e. The molecule has 0 fully saturated rings. The maximum Gasteiger partial charge on any atom is 0.437 e. The average Bonchev–Trinajstić information content (AvgIpc) is 2.91. The topological polar surface area (TPSA) is 214 Å². The van der Waals surface area contributed by atoms with Gasteiger partial charge in [-0.15, -0.1) is 4.99 Å². The van der Waals surface area contributed by atoms with E-state index in [9.17, 15) is 33.9 Å². The summed E-state index contributed by atoms with van der Waals surface area (Å²) in [5, 5.41) is 21.5. The fourth-order valence-electron chi connectivity index (χ4n) is 3.42. The summed E-state index contributed by atoms with van der Waals surface area (Å²) in [5.41, 5.74) is -1.54. The minimum absolute atomic E-state index is 0.0102. The predicted octanol–water partition coefficient (Wildman–Crippen LogP) is 3.95. The summed E-state index contributed by atoms with van der Waals surface area (Å²) in [6.45, 7) is 8.80. The molecule has 0 heterocycles. The molecule has 0 radical (unpaired) electrons. The molecule has 2 aromatic carbocycles. The van der Waals surface area contributed by atoms with Crippen LogP contribution in [0.15, 0.2) is 47.5 Å². The van der Waals surface area contributed by atoms with Crippen LogP contribution in [0.1, 0.15) is 62.3 Å². The van der Waals surface area contributed by atoms with Gasteiger partial charge in [-0.05, 0) is 71.9 Å². The van der Waals surface area contributed by atoms with E-state index in [0.717, 1.165) is 0 Å². The molecule has 0 saturated carbocycles. The van der Waals surface area contributed by atoms with Crippen LogP contribution < -0.4 is 26.6 Å². The van der Waals surface area contributed by atoms with Gasteiger partial charge < -0.3 is 35.8 Å². The maximum atomic E-state index is 12.8. The second-order valence-corrected chi connectivity index (χ2v) is 12.5. The quantitative estimate of drug-likeness (QED) is 0.164. The van der Waals surface area contributed by atoms with Crippen LogP contribution >= 0.6 is 23.2 Å². The number of nitrogens with one attached hydrogen (secondary N) is 5. The Morgan fingerprint density at radius 2 is 1.45 bits per heavy atom. The summed E-state index contributed by atoms with van der Waals surface area (Å²) in [7, 11) is 0. The van der Waals surface area contributed by atoms with Gasteiger partial charge in [0, 0.05) is 17.8 Å². The number of aliphatic imine (C=N–C) groups is 1. The van der Waals surface area contributed by atoms with E-state index in [1.54, 1.807) is 41.5 Å². The van der Waals surface area contributed by atoms with Crippen LogP contribution in [0.25, 0.3) is 0 Å². The molecule has 0 aromatic heterocycles. The van der Waals surface area contributed by atoms with Gasteiger partial charge in [-0.1, -0.05) is 35.3 Å². The number of guanidine groups is 1. The van der Waals surface area contributed by atoms with Gasteiger partial charge in [0.1, 0.15) is 17.2 Å². The molecule has 0 spiro atoms. The van der Waals surface area contributed by atoms with E-state index in [1.165, 1.54) is 42.5 Å². The van der Waals surface area contributed by atoms with E-state index in [1.807, 2.05) is 0 Å². The lowest BCUT2D eigenvalue weighted by atomic mass is 10.2. The summed E-state index contributed by atoms with van der Waals surface area (Å²) < 4.78 is 10.4. The molecule has 5 amide bonds. The number of benzene rings is 2. The van der Waals surface area contributed by atoms with Gasteiger partial charge in [-0.3, -0.25) is 19.7 Å². The predicted molar refractivity (Wildman–Crippen MR) is 174 cm³/mol. The van der Waals surface area contributed by atoms with Crippen molar-refractivity contribution in [2.24, 2.45) is 4.99 Å². The fraction of sp³-hybridized carbons (Fsp3) is 0.367. The molecule has 0 aliphatic carbocycles. The molecule has 15 nitrogen and oxygen atoms in total. The molecule has 2 rings (SSSR count). The average molecular weight is 696 g/mol. The number of anilines is 1. The van der Waals surface area contributed by atoms with Crippen molar-refractivity contribution >= 4 is 70.7 Å². The van der Waals surface area contributed by atoms with E-state index in [0.29, 0.717) is 0 Å². The largest absolute Gasteiger partial charge is 0.480 e. The Bertz CT molecular complexity index is 1530. The first-order chi connectivity index (χ1) is 21.7. The lowest BCUT2D eigenvalue weighted by Crippen LogP contribution is -2.50. The van der Waals surface area contributed by atoms with Crippen molar-refractivity contribution in [1.29, 1.82) is 0 Å². The number of amides is 5. The van der Waals surface area contributed by atoms with Gasteiger partial charge in [0.2, 0.25) is 11.9 Å². The summed E-state index contributed by atoms with van der Waals surface area (Å²) in [5.74, 6) is -4.08. The molecular formula is C30H36Cl2N6O9. The Hall–Kier alpha value is -4.89. The molecule has 0 aliphatic rings. The van der Waals surface area contributed by atoms with Crippen molar-refractivity contribution in [3.05, 3.63) is 63.6 Å². The van der Waals surface area contributed by atoms with Crippen molar-refractivity contribution in [3.8, 4) is 0 Å². The van der Waals surface area contributed by atoms with E-state index in [-0.39, 0.29) is 32.8 Å². The van der Waals surface area contributed by atoms with E-state index < -0.39 is 66.2 Å². The van der Waals surface area contributed by atoms with Gasteiger partial charge >= 0.3 is 18.2 Å². The van der Waals surface area contributed by atoms with Gasteiger partial charge in [-0.25, -0.2) is 14.4 Å². The number of halogens is 2. The van der Waals surface area contributed by atoms with Gasteiger partial charge in [0.25, 0.3) is 11.8 Å². The van der Waals surface area contributed by atoms with Crippen LogP contribution in [0.2, 0.25) is 10.0 Å². The molecule has 254 valence electrons. The molecule has 0 bridgehead atoms. The second-order valence-electron chi connectivity index (χ2n) is 11.7. The summed E-state index contributed by atoms with van der Waals surface area (Å²) in [6, 6.07) is 8.58. The molecule has 0 aliphatic heterocycles. The van der Waals surface area contributed by atoms with Crippen molar-refractivity contribution in [2.45, 2.75) is 58.8 Å². The zero-order valence-electron chi connectivity index (χ0n) is 26.4. The van der Waals surface area contributed by atoms with Crippen LogP contribution in [-0.4, -0.2) is 77.3 Å². The molecule has 17 heteroatoms. The number of hydrogen-bond donors (Lipinski definition) is 6. The Morgan fingerprint density at radius 1 is 0.851 bits per heavy atom. The molecule has 1 atom stereocenters. The number of carboxylic acids is 1. The van der Waals surface area contributed by atoms with E-state index in [4.69, 9.17) is 32.7 Å². The van der Waals surface area contributed by atoms with Crippen molar-refractivity contribution < 1.29 is 43.3 Å². The molecule has 47 heavy (non-hydrogen) atoms. The SMILES string of the molecule is CC(C)(C)OC(=O)/N=C(\NC(=O)OC(C)(C)C)Nc1cccc(C(=O)NCC(=O)NC[C@H](NC(=O)c2c(Cl)cccc2Cl)C(=O)O)c1. The van der Waals surface area contributed by atoms with Crippen LogP contribution in [0.3, 0.4) is 0 Å². The molecule has 6 N–H and O–H groups in total. The number of nitrogens with zero attached hydrogens (tertiary/aromatic N) is 1. The van der Waals surface area contributed by atoms with Crippen molar-refractivity contribution in [2.75, 3.05) is 18.4 Å². The molecule has 2 aromatic rings. The third-order valence-electron chi connectivity index (χ3n) is 5.31. The highest BCUT2D eigenvalue weighted by atomic mass is 35.5. The Labute approximate surface area is 280 Å². The standard InChI is InChI=1S/C30H36Cl2N6O9/c1-29(2,3)46-27(44)37-26(38-28(45)47-30(4,5)6)35-17-10-7-9-16(13-17)23(40)34-15-21(39)33-14-20(25(42)43)36-24(41)22-18(31)11-8-12-19(22)32/h7-13,20H,14-15H2,1-6H3,(H,33,39)(H,34,40)(H,36,41)(H,42,43)(H2,35,37,38,44,45)/t20-/m0/s1. The third-order valence-corrected chi connectivity index (χ3v) is 5.94. The number of carbonyl (C=O) groups excluding carboxylic acids is 5. The number of carbonyl (C=O) groups is 6. The monoisotopic (exact) mass is 694 g/mol. The normalized spacial score (nSPS) is 12.2. The lowest BCUT2D eigenvalue weighted by Gasteiger charge is -2.21. The summed E-state index contributed by atoms with van der Waals surface area (Å²) in [6.07, 6.45) is -1.92. The fourth-order valence-corrected chi connectivity index (χ4v) is 3.99. The van der Waals surface area contributed by atoms with Crippen LogP contribution in [-0.2, 0) is 19.1 Å². The Kier molecular flexibility index (Phi) is 13.5. The summed E-state index contributed by atoms with van der Waals surface area (Å²) in [4.78, 5) is 77.8. The maximum absolute atomic E-state index is 12.8. The second kappa shape index (κ2) is 16.6. The molecule has 0 saturated heterocycles. The number of rotatable bonds is 9. The Morgan fingerprint density at radius 3 is 2.02 bits per heavy atom. The van der Waals surface area contributed by atoms with E-state index >= 15 is 0 Å². The highest BCUT2D eigenvalue weighted by molar-refractivity contribution is 6.39. The minimum atomic E-state index is -1.54. The van der Waals surface area contributed by atoms with Gasteiger partial charge in [-0.2, -0.15) is 0 Å². The minimum Gasteiger partial charge on any atom is -0.480 e. The third kappa shape index (κ3) is 14.0. The van der Waals surface area contributed by atoms with Crippen molar-refractivity contribution in [1.82, 2.24) is 21.3 Å². The number of aliphatic carboxylic acids is 1. The number of alkyl carbamates (subject to hydrolysis) is 1. The highest BCUT2D eigenvalue weighted by Crippen LogP contribution is 2.24. The lowest BCUT2D eigenvalue weighted by molar-refractivity contribution is -0.139. The highest BCUT2D eigenvalue weighted by Gasteiger charge is 2.25. The van der Waals surface area contributed by atoms with Crippen LogP contribution in [0.4, 0.5) is 15.3 Å². The van der Waals surface area contributed by atoms with Crippen LogP contribution in [0.5, 0.6) is 0 Å². The number of carboxylic acid groups (broad SMARTS) is 1. The first-order valence-corrected chi connectivity index (χ1v) is 14.7.